The first-order valence-corrected chi connectivity index (χ1v) is 12.2. The summed E-state index contributed by atoms with van der Waals surface area (Å²) in [5.41, 5.74) is 2.28. The van der Waals surface area contributed by atoms with Gasteiger partial charge in [0.25, 0.3) is 0 Å². The number of benzene rings is 2. The van der Waals surface area contributed by atoms with E-state index in [2.05, 4.69) is 21.8 Å². The SMILES string of the molecule is CCc1ccc(S(=O)(=O)N2CCN(c3cc(Oc4ccc(C)cc4)nc(C)n3)CC2)cc1. The highest BCUT2D eigenvalue weighted by Crippen LogP contribution is 2.25. The van der Waals surface area contributed by atoms with Gasteiger partial charge in [0.1, 0.15) is 17.4 Å². The van der Waals surface area contributed by atoms with Crippen LogP contribution >= 0.6 is 0 Å². The van der Waals surface area contributed by atoms with Crippen LogP contribution in [0, 0.1) is 13.8 Å². The molecule has 1 fully saturated rings. The smallest absolute Gasteiger partial charge is 0.243 e. The van der Waals surface area contributed by atoms with E-state index in [1.165, 1.54) is 0 Å². The van der Waals surface area contributed by atoms with E-state index in [1.54, 1.807) is 22.5 Å². The molecule has 0 N–H and O–H groups in total. The van der Waals surface area contributed by atoms with Gasteiger partial charge < -0.3 is 9.64 Å². The fourth-order valence-electron chi connectivity index (χ4n) is 3.67. The molecule has 8 heteroatoms. The van der Waals surface area contributed by atoms with Gasteiger partial charge in [0.15, 0.2) is 0 Å². The van der Waals surface area contributed by atoms with Crippen molar-refractivity contribution in [1.29, 1.82) is 0 Å². The number of piperazine rings is 1. The molecule has 0 bridgehead atoms. The van der Waals surface area contributed by atoms with E-state index in [9.17, 15) is 8.42 Å². The lowest BCUT2D eigenvalue weighted by molar-refractivity contribution is 0.383. The average molecular weight is 453 g/mol. The molecule has 1 saturated heterocycles. The second kappa shape index (κ2) is 9.26. The van der Waals surface area contributed by atoms with Crippen LogP contribution in [0.25, 0.3) is 0 Å². The zero-order valence-corrected chi connectivity index (χ0v) is 19.5. The fraction of sp³-hybridized carbons (Fsp3) is 0.333. The largest absolute Gasteiger partial charge is 0.439 e. The van der Waals surface area contributed by atoms with Crippen molar-refractivity contribution in [3.8, 4) is 11.6 Å². The number of aromatic nitrogens is 2. The van der Waals surface area contributed by atoms with Gasteiger partial charge in [-0.15, -0.1) is 0 Å². The van der Waals surface area contributed by atoms with E-state index < -0.39 is 10.0 Å². The first-order valence-electron chi connectivity index (χ1n) is 10.8. The molecule has 2 aromatic carbocycles. The van der Waals surface area contributed by atoms with Crippen molar-refractivity contribution in [2.75, 3.05) is 31.1 Å². The number of ether oxygens (including phenoxy) is 1. The molecule has 4 rings (SSSR count). The Bertz CT molecular complexity index is 1170. The predicted octanol–water partition coefficient (Wildman–Crippen LogP) is 3.96. The van der Waals surface area contributed by atoms with E-state index in [0.29, 0.717) is 48.5 Å². The van der Waals surface area contributed by atoms with E-state index >= 15 is 0 Å². The van der Waals surface area contributed by atoms with Crippen LogP contribution in [0.5, 0.6) is 11.6 Å². The van der Waals surface area contributed by atoms with Crippen molar-refractivity contribution < 1.29 is 13.2 Å². The highest BCUT2D eigenvalue weighted by atomic mass is 32.2. The van der Waals surface area contributed by atoms with Crippen LogP contribution in [-0.2, 0) is 16.4 Å². The van der Waals surface area contributed by atoms with Gasteiger partial charge >= 0.3 is 0 Å². The Morgan fingerprint density at radius 1 is 0.906 bits per heavy atom. The third-order valence-electron chi connectivity index (χ3n) is 5.58. The molecule has 0 spiro atoms. The molecular weight excluding hydrogens is 424 g/mol. The Balaban J connectivity index is 1.45. The van der Waals surface area contributed by atoms with E-state index in [1.807, 2.05) is 50.2 Å². The number of rotatable bonds is 6. The highest BCUT2D eigenvalue weighted by Gasteiger charge is 2.29. The number of anilines is 1. The highest BCUT2D eigenvalue weighted by molar-refractivity contribution is 7.89. The Morgan fingerprint density at radius 2 is 1.56 bits per heavy atom. The number of nitrogens with zero attached hydrogens (tertiary/aromatic N) is 4. The predicted molar refractivity (Wildman–Crippen MR) is 125 cm³/mol. The Kier molecular flexibility index (Phi) is 6.43. The molecule has 0 radical (unpaired) electrons. The summed E-state index contributed by atoms with van der Waals surface area (Å²) in [7, 11) is -3.50. The lowest BCUT2D eigenvalue weighted by Gasteiger charge is -2.34. The minimum absolute atomic E-state index is 0.342. The molecule has 32 heavy (non-hydrogen) atoms. The molecule has 1 aromatic heterocycles. The zero-order chi connectivity index (χ0) is 22.7. The number of hydrogen-bond donors (Lipinski definition) is 0. The van der Waals surface area contributed by atoms with Crippen molar-refractivity contribution in [3.05, 3.63) is 71.5 Å². The van der Waals surface area contributed by atoms with Gasteiger partial charge in [-0.05, 0) is 50.1 Å². The van der Waals surface area contributed by atoms with Crippen LogP contribution in [0.15, 0.2) is 59.5 Å². The monoisotopic (exact) mass is 452 g/mol. The topological polar surface area (TPSA) is 75.6 Å². The molecular formula is C24H28N4O3S. The molecule has 0 unspecified atom stereocenters. The summed E-state index contributed by atoms with van der Waals surface area (Å²) in [6.45, 7) is 7.79. The number of aryl methyl sites for hydroxylation is 3. The molecule has 3 aromatic rings. The summed E-state index contributed by atoms with van der Waals surface area (Å²) in [5.74, 6) is 2.53. The van der Waals surface area contributed by atoms with Crippen LogP contribution in [0.1, 0.15) is 23.9 Å². The Morgan fingerprint density at radius 3 is 2.19 bits per heavy atom. The maximum absolute atomic E-state index is 13.0. The molecule has 1 aliphatic heterocycles. The van der Waals surface area contributed by atoms with Gasteiger partial charge in [-0.3, -0.25) is 0 Å². The summed E-state index contributed by atoms with van der Waals surface area (Å²) in [4.78, 5) is 11.3. The van der Waals surface area contributed by atoms with Gasteiger partial charge in [0.05, 0.1) is 4.90 Å². The standard InChI is InChI=1S/C24H28N4O3S/c1-4-20-7-11-22(12-8-20)32(29,30)28-15-13-27(14-16-28)23-17-24(26-19(3)25-23)31-21-9-5-18(2)6-10-21/h5-12,17H,4,13-16H2,1-3H3. The summed E-state index contributed by atoms with van der Waals surface area (Å²) < 4.78 is 33.5. The molecule has 168 valence electrons. The van der Waals surface area contributed by atoms with Gasteiger partial charge in [-0.25, -0.2) is 13.4 Å². The van der Waals surface area contributed by atoms with E-state index in [4.69, 9.17) is 4.74 Å². The summed E-state index contributed by atoms with van der Waals surface area (Å²) >= 11 is 0. The van der Waals surface area contributed by atoms with Crippen LogP contribution in [0.3, 0.4) is 0 Å². The van der Waals surface area contributed by atoms with Crippen LogP contribution in [-0.4, -0.2) is 48.9 Å². The molecule has 0 amide bonds. The summed E-state index contributed by atoms with van der Waals surface area (Å²) in [6, 6.07) is 16.7. The van der Waals surface area contributed by atoms with Crippen molar-refractivity contribution in [2.45, 2.75) is 32.1 Å². The minimum Gasteiger partial charge on any atom is -0.439 e. The Labute approximate surface area is 189 Å². The molecule has 7 nitrogen and oxygen atoms in total. The Hall–Kier alpha value is -2.97. The van der Waals surface area contributed by atoms with Gasteiger partial charge in [-0.2, -0.15) is 9.29 Å². The second-order valence-electron chi connectivity index (χ2n) is 7.92. The van der Waals surface area contributed by atoms with Crippen molar-refractivity contribution in [2.24, 2.45) is 0 Å². The van der Waals surface area contributed by atoms with Crippen molar-refractivity contribution in [1.82, 2.24) is 14.3 Å². The lowest BCUT2D eigenvalue weighted by atomic mass is 10.2. The van der Waals surface area contributed by atoms with Crippen LogP contribution in [0.4, 0.5) is 5.82 Å². The zero-order valence-electron chi connectivity index (χ0n) is 18.7. The summed E-state index contributed by atoms with van der Waals surface area (Å²) in [5, 5.41) is 0. The van der Waals surface area contributed by atoms with E-state index in [-0.39, 0.29) is 0 Å². The first kappa shape index (κ1) is 22.2. The summed E-state index contributed by atoms with van der Waals surface area (Å²) in [6.07, 6.45) is 0.882. The molecule has 0 atom stereocenters. The van der Waals surface area contributed by atoms with Crippen LogP contribution in [0.2, 0.25) is 0 Å². The average Bonchev–Trinajstić information content (AvgIpc) is 2.80. The molecule has 0 aliphatic carbocycles. The number of hydrogen-bond acceptors (Lipinski definition) is 6. The minimum atomic E-state index is -3.50. The van der Waals surface area contributed by atoms with Crippen molar-refractivity contribution in [3.63, 3.8) is 0 Å². The van der Waals surface area contributed by atoms with Gasteiger partial charge in [0.2, 0.25) is 15.9 Å². The number of sulfonamides is 1. The third-order valence-corrected chi connectivity index (χ3v) is 7.49. The molecule has 1 aliphatic rings. The lowest BCUT2D eigenvalue weighted by Crippen LogP contribution is -2.49. The molecule has 2 heterocycles. The van der Waals surface area contributed by atoms with Gasteiger partial charge in [-0.1, -0.05) is 36.8 Å². The maximum Gasteiger partial charge on any atom is 0.243 e. The third kappa shape index (κ3) is 4.92. The first-order chi connectivity index (χ1) is 15.3. The fourth-order valence-corrected chi connectivity index (χ4v) is 5.09. The normalized spacial score (nSPS) is 15.0. The van der Waals surface area contributed by atoms with Gasteiger partial charge in [0, 0.05) is 32.2 Å². The van der Waals surface area contributed by atoms with Crippen LogP contribution < -0.4 is 9.64 Å². The second-order valence-corrected chi connectivity index (χ2v) is 9.85. The maximum atomic E-state index is 13.0. The quantitative estimate of drug-likeness (QED) is 0.564. The molecule has 0 saturated carbocycles. The van der Waals surface area contributed by atoms with Crippen molar-refractivity contribution >= 4 is 15.8 Å². The van der Waals surface area contributed by atoms with E-state index in [0.717, 1.165) is 23.4 Å².